The van der Waals surface area contributed by atoms with E-state index in [0.29, 0.717) is 4.31 Å². The molecule has 7 nitrogen and oxygen atoms in total. The fourth-order valence-electron chi connectivity index (χ4n) is 1.29. The number of cyclic esters (lactones) is 1. The van der Waals surface area contributed by atoms with E-state index in [1.54, 1.807) is 0 Å². The molecule has 0 saturated carbocycles. The zero-order valence-electron chi connectivity index (χ0n) is 8.33. The predicted octanol–water partition coefficient (Wildman–Crippen LogP) is 0.137. The van der Waals surface area contributed by atoms with Crippen LogP contribution in [-0.4, -0.2) is 50.4 Å². The summed E-state index contributed by atoms with van der Waals surface area (Å²) in [5.41, 5.74) is 0. The molecule has 2 fully saturated rings. The number of amides is 1. The molecule has 1 atom stereocenters. The molecule has 2 saturated heterocycles. The highest BCUT2D eigenvalue weighted by Crippen LogP contribution is 2.22. The van der Waals surface area contributed by atoms with Gasteiger partial charge in [-0.3, -0.25) is 4.18 Å². The van der Waals surface area contributed by atoms with Crippen LogP contribution in [0.1, 0.15) is 6.42 Å². The lowest BCUT2D eigenvalue weighted by Gasteiger charge is -2.14. The maximum Gasteiger partial charge on any atom is 0.425 e. The molecule has 2 aliphatic heterocycles. The van der Waals surface area contributed by atoms with Crippen molar-refractivity contribution in [2.75, 3.05) is 25.5 Å². The number of hydrogen-bond donors (Lipinski definition) is 0. The first-order chi connectivity index (χ1) is 7.59. The Hall–Kier alpha value is -0.510. The lowest BCUT2D eigenvalue weighted by molar-refractivity contribution is 0.150. The molecular formula is C7H11NO6S2. The van der Waals surface area contributed by atoms with Crippen molar-refractivity contribution in [2.45, 2.75) is 12.5 Å². The molecule has 2 aliphatic rings. The normalized spacial score (nSPS) is 26.1. The molecule has 1 amide bonds. The molecule has 0 radical (unpaired) electrons. The Morgan fingerprint density at radius 2 is 2.38 bits per heavy atom. The Morgan fingerprint density at radius 1 is 1.56 bits per heavy atom. The van der Waals surface area contributed by atoms with Gasteiger partial charge in [0.1, 0.15) is 6.61 Å². The van der Waals surface area contributed by atoms with E-state index in [0.717, 1.165) is 12.2 Å². The molecule has 2 heterocycles. The van der Waals surface area contributed by atoms with Gasteiger partial charge in [0.25, 0.3) is 0 Å². The van der Waals surface area contributed by atoms with Crippen LogP contribution in [0, 0.1) is 0 Å². The van der Waals surface area contributed by atoms with Gasteiger partial charge in [0.05, 0.1) is 19.3 Å². The van der Waals surface area contributed by atoms with Crippen LogP contribution >= 0.6 is 12.0 Å². The number of carbonyl (C=O) groups is 1. The van der Waals surface area contributed by atoms with E-state index in [1.165, 1.54) is 12.0 Å². The standard InChI is InChI=1S/C7H11NO6S2/c9-7-8(2-3-12-7)16(10,11)13-5-6-1-4-15-14-6/h6H,1-5H2. The smallest absolute Gasteiger partial charge is 0.425 e. The molecule has 0 spiro atoms. The molecule has 0 N–H and O–H groups in total. The molecular weight excluding hydrogens is 258 g/mol. The third-order valence-electron chi connectivity index (χ3n) is 2.12. The van der Waals surface area contributed by atoms with E-state index >= 15 is 0 Å². The van der Waals surface area contributed by atoms with Gasteiger partial charge in [0.2, 0.25) is 0 Å². The lowest BCUT2D eigenvalue weighted by Crippen LogP contribution is -2.34. The SMILES string of the molecule is O=C1OCCN1S(=O)(=O)OCC1CCSO1. The molecule has 1 unspecified atom stereocenters. The van der Waals surface area contributed by atoms with E-state index in [4.69, 9.17) is 8.37 Å². The van der Waals surface area contributed by atoms with Crippen molar-refractivity contribution in [1.29, 1.82) is 0 Å². The Bertz CT molecular complexity index is 363. The van der Waals surface area contributed by atoms with E-state index in [-0.39, 0.29) is 25.9 Å². The molecule has 0 aromatic rings. The van der Waals surface area contributed by atoms with E-state index < -0.39 is 16.4 Å². The highest BCUT2D eigenvalue weighted by molar-refractivity contribution is 7.94. The maximum atomic E-state index is 11.5. The van der Waals surface area contributed by atoms with Gasteiger partial charge < -0.3 is 8.92 Å². The van der Waals surface area contributed by atoms with Gasteiger partial charge >= 0.3 is 16.4 Å². The molecule has 9 heteroatoms. The topological polar surface area (TPSA) is 82.1 Å². The van der Waals surface area contributed by atoms with Crippen molar-refractivity contribution in [3.05, 3.63) is 0 Å². The summed E-state index contributed by atoms with van der Waals surface area (Å²) in [5, 5.41) is 0. The van der Waals surface area contributed by atoms with E-state index in [2.05, 4.69) is 4.74 Å². The zero-order valence-corrected chi connectivity index (χ0v) is 9.96. The van der Waals surface area contributed by atoms with Gasteiger partial charge in [-0.05, 0) is 18.5 Å². The zero-order chi connectivity index (χ0) is 11.6. The van der Waals surface area contributed by atoms with Crippen molar-refractivity contribution < 1.29 is 26.3 Å². The van der Waals surface area contributed by atoms with Crippen LogP contribution in [0.5, 0.6) is 0 Å². The molecule has 0 aromatic heterocycles. The third kappa shape index (κ3) is 2.59. The average molecular weight is 269 g/mol. The first-order valence-electron chi connectivity index (χ1n) is 4.72. The minimum absolute atomic E-state index is 0.00143. The van der Waals surface area contributed by atoms with Gasteiger partial charge in [-0.2, -0.15) is 12.7 Å². The van der Waals surface area contributed by atoms with Crippen molar-refractivity contribution in [3.8, 4) is 0 Å². The monoisotopic (exact) mass is 269 g/mol. The van der Waals surface area contributed by atoms with Crippen molar-refractivity contribution in [3.63, 3.8) is 0 Å². The molecule has 0 aliphatic carbocycles. The number of hydrogen-bond acceptors (Lipinski definition) is 7. The van der Waals surface area contributed by atoms with E-state index in [9.17, 15) is 13.2 Å². The van der Waals surface area contributed by atoms with Gasteiger partial charge in [-0.25, -0.2) is 4.79 Å². The van der Waals surface area contributed by atoms with Crippen LogP contribution in [0.25, 0.3) is 0 Å². The Morgan fingerprint density at radius 3 is 2.94 bits per heavy atom. The van der Waals surface area contributed by atoms with Crippen molar-refractivity contribution in [1.82, 2.24) is 4.31 Å². The van der Waals surface area contributed by atoms with Gasteiger partial charge in [-0.15, -0.1) is 0 Å². The van der Waals surface area contributed by atoms with Crippen LogP contribution < -0.4 is 0 Å². The molecule has 0 bridgehead atoms. The number of rotatable bonds is 4. The Kier molecular flexibility index (Phi) is 3.57. The van der Waals surface area contributed by atoms with E-state index in [1.807, 2.05) is 0 Å². The van der Waals surface area contributed by atoms with Crippen molar-refractivity contribution >= 4 is 28.4 Å². The Labute approximate surface area is 97.5 Å². The van der Waals surface area contributed by atoms with Crippen LogP contribution in [0.4, 0.5) is 4.79 Å². The molecule has 16 heavy (non-hydrogen) atoms. The minimum Gasteiger partial charge on any atom is -0.447 e. The summed E-state index contributed by atoms with van der Waals surface area (Å²) >= 11 is 1.29. The van der Waals surface area contributed by atoms with Crippen LogP contribution in [0.3, 0.4) is 0 Å². The van der Waals surface area contributed by atoms with Gasteiger partial charge in [0.15, 0.2) is 0 Å². The second kappa shape index (κ2) is 4.78. The number of carbonyl (C=O) groups excluding carboxylic acids is 1. The quantitative estimate of drug-likeness (QED) is 0.671. The summed E-state index contributed by atoms with van der Waals surface area (Å²) in [6, 6.07) is 0. The third-order valence-corrected chi connectivity index (χ3v) is 4.24. The maximum absolute atomic E-state index is 11.5. The number of ether oxygens (including phenoxy) is 1. The molecule has 0 aromatic carbocycles. The highest BCUT2D eigenvalue weighted by Gasteiger charge is 2.35. The summed E-state index contributed by atoms with van der Waals surface area (Å²) in [5.74, 6) is 0.819. The van der Waals surface area contributed by atoms with Crippen LogP contribution in [-0.2, 0) is 23.4 Å². The van der Waals surface area contributed by atoms with Crippen LogP contribution in [0.15, 0.2) is 0 Å². The molecule has 92 valence electrons. The van der Waals surface area contributed by atoms with Crippen molar-refractivity contribution in [2.24, 2.45) is 0 Å². The second-order valence-corrected chi connectivity index (χ2v) is 5.63. The van der Waals surface area contributed by atoms with Crippen LogP contribution in [0.2, 0.25) is 0 Å². The molecule has 2 rings (SSSR count). The van der Waals surface area contributed by atoms with Gasteiger partial charge in [-0.1, -0.05) is 0 Å². The fraction of sp³-hybridized carbons (Fsp3) is 0.857. The number of nitrogens with zero attached hydrogens (tertiary/aromatic N) is 1. The Balaban J connectivity index is 1.89. The summed E-state index contributed by atoms with van der Waals surface area (Å²) in [6.07, 6.45) is -0.384. The van der Waals surface area contributed by atoms with Gasteiger partial charge in [0, 0.05) is 5.75 Å². The summed E-state index contributed by atoms with van der Waals surface area (Å²) < 4.78 is 38.0. The summed E-state index contributed by atoms with van der Waals surface area (Å²) in [6.45, 7) is -0.00222. The first kappa shape index (κ1) is 12.0. The lowest BCUT2D eigenvalue weighted by atomic mass is 10.3. The fourth-order valence-corrected chi connectivity index (χ4v) is 3.07. The largest absolute Gasteiger partial charge is 0.447 e. The minimum atomic E-state index is -4.03. The highest BCUT2D eigenvalue weighted by atomic mass is 32.2. The average Bonchev–Trinajstić information content (AvgIpc) is 2.85. The first-order valence-corrected chi connectivity index (χ1v) is 6.99. The second-order valence-electron chi connectivity index (χ2n) is 3.26. The summed E-state index contributed by atoms with van der Waals surface area (Å²) in [4.78, 5) is 11.0. The predicted molar refractivity (Wildman–Crippen MR) is 54.9 cm³/mol. The summed E-state index contributed by atoms with van der Waals surface area (Å²) in [7, 11) is -4.03.